The number of benzene rings is 2. The van der Waals surface area contributed by atoms with Gasteiger partial charge in [0, 0.05) is 16.3 Å². The third kappa shape index (κ3) is 4.89. The van der Waals surface area contributed by atoms with Crippen molar-refractivity contribution >= 4 is 28.9 Å². The van der Waals surface area contributed by atoms with Crippen molar-refractivity contribution in [1.29, 1.82) is 0 Å². The summed E-state index contributed by atoms with van der Waals surface area (Å²) in [5.74, 6) is 0.476. The molecular formula is C17H18ClN3O3. The molecule has 0 saturated heterocycles. The smallest absolute Gasteiger partial charge is 0.259 e. The second kappa shape index (κ2) is 8.21. The average Bonchev–Trinajstić information content (AvgIpc) is 2.60. The summed E-state index contributed by atoms with van der Waals surface area (Å²) in [7, 11) is 1.59. The van der Waals surface area contributed by atoms with Crippen molar-refractivity contribution in [3.05, 3.63) is 53.1 Å². The number of hydrogen-bond acceptors (Lipinski definition) is 5. The Morgan fingerprint density at radius 3 is 2.62 bits per heavy atom. The number of methoxy groups -OCH3 is 1. The Bertz CT molecular complexity index is 745. The number of carbonyl (C=O) groups excluding carboxylic acids is 1. The molecule has 1 amide bonds. The lowest BCUT2D eigenvalue weighted by atomic mass is 10.1. The second-order valence-electron chi connectivity index (χ2n) is 4.98. The van der Waals surface area contributed by atoms with Gasteiger partial charge >= 0.3 is 0 Å². The van der Waals surface area contributed by atoms with Crippen LogP contribution in [0.3, 0.4) is 0 Å². The van der Waals surface area contributed by atoms with E-state index in [4.69, 9.17) is 16.3 Å². The molecule has 0 unspecified atom stereocenters. The van der Waals surface area contributed by atoms with Crippen LogP contribution in [0, 0.1) is 0 Å². The third-order valence-electron chi connectivity index (χ3n) is 3.24. The number of aromatic hydroxyl groups is 1. The number of carbonyl (C=O) groups is 1. The summed E-state index contributed by atoms with van der Waals surface area (Å²) >= 11 is 5.89. The highest BCUT2D eigenvalue weighted by Crippen LogP contribution is 2.22. The van der Waals surface area contributed by atoms with E-state index >= 15 is 0 Å². The van der Waals surface area contributed by atoms with Crippen molar-refractivity contribution in [2.75, 3.05) is 19.0 Å². The summed E-state index contributed by atoms with van der Waals surface area (Å²) in [4.78, 5) is 11.8. The van der Waals surface area contributed by atoms with Gasteiger partial charge in [0.05, 0.1) is 19.4 Å². The van der Waals surface area contributed by atoms with E-state index in [0.717, 1.165) is 11.4 Å². The van der Waals surface area contributed by atoms with Crippen molar-refractivity contribution < 1.29 is 14.6 Å². The standard InChI is InChI=1S/C17H18ClN3O3/c1-11(15-9-12(18)3-8-16(15)22)20-21-17(23)10-19-13-4-6-14(24-2)7-5-13/h3-9,19,22H,10H2,1-2H3,(H,21,23)/b20-11+. The first-order valence-corrected chi connectivity index (χ1v) is 7.57. The minimum Gasteiger partial charge on any atom is -0.507 e. The van der Waals surface area contributed by atoms with Crippen molar-refractivity contribution in [1.82, 2.24) is 5.43 Å². The Morgan fingerprint density at radius 2 is 1.96 bits per heavy atom. The van der Waals surface area contributed by atoms with Gasteiger partial charge in [0.1, 0.15) is 11.5 Å². The topological polar surface area (TPSA) is 83.0 Å². The lowest BCUT2D eigenvalue weighted by molar-refractivity contribution is -0.119. The summed E-state index contributed by atoms with van der Waals surface area (Å²) in [5.41, 5.74) is 4.13. The maximum Gasteiger partial charge on any atom is 0.259 e. The van der Waals surface area contributed by atoms with E-state index in [1.165, 1.54) is 6.07 Å². The quantitative estimate of drug-likeness (QED) is 0.554. The molecule has 0 heterocycles. The largest absolute Gasteiger partial charge is 0.507 e. The lowest BCUT2D eigenvalue weighted by Gasteiger charge is -2.08. The molecule has 3 N–H and O–H groups in total. The molecular weight excluding hydrogens is 330 g/mol. The minimum absolute atomic E-state index is 0.0475. The number of nitrogens with zero attached hydrogens (tertiary/aromatic N) is 1. The molecule has 24 heavy (non-hydrogen) atoms. The van der Waals surface area contributed by atoms with E-state index < -0.39 is 0 Å². The molecule has 0 radical (unpaired) electrons. The number of ether oxygens (including phenoxy) is 1. The molecule has 0 fully saturated rings. The summed E-state index contributed by atoms with van der Waals surface area (Å²) in [6, 6.07) is 11.8. The van der Waals surface area contributed by atoms with Crippen molar-refractivity contribution in [2.24, 2.45) is 5.10 Å². The molecule has 126 valence electrons. The van der Waals surface area contributed by atoms with Crippen LogP contribution in [-0.4, -0.2) is 30.4 Å². The van der Waals surface area contributed by atoms with Crippen LogP contribution in [0.5, 0.6) is 11.5 Å². The van der Waals surface area contributed by atoms with Gasteiger partial charge in [-0.25, -0.2) is 5.43 Å². The summed E-state index contributed by atoms with van der Waals surface area (Å²) < 4.78 is 5.07. The number of phenols is 1. The Hall–Kier alpha value is -2.73. The summed E-state index contributed by atoms with van der Waals surface area (Å²) in [6.45, 7) is 1.73. The third-order valence-corrected chi connectivity index (χ3v) is 3.47. The molecule has 0 spiro atoms. The minimum atomic E-state index is -0.313. The zero-order chi connectivity index (χ0) is 17.5. The van der Waals surface area contributed by atoms with E-state index in [2.05, 4.69) is 15.8 Å². The number of amides is 1. The van der Waals surface area contributed by atoms with Gasteiger partial charge in [0.2, 0.25) is 0 Å². The number of phenolic OH excluding ortho intramolecular Hbond substituents is 1. The number of anilines is 1. The van der Waals surface area contributed by atoms with Crippen LogP contribution in [0.15, 0.2) is 47.6 Å². The monoisotopic (exact) mass is 347 g/mol. The fourth-order valence-electron chi connectivity index (χ4n) is 1.94. The van der Waals surface area contributed by atoms with Crippen molar-refractivity contribution in [3.8, 4) is 11.5 Å². The SMILES string of the molecule is COc1ccc(NCC(=O)N/N=C(\C)c2cc(Cl)ccc2O)cc1. The van der Waals surface area contributed by atoms with Crippen molar-refractivity contribution in [2.45, 2.75) is 6.92 Å². The van der Waals surface area contributed by atoms with E-state index in [0.29, 0.717) is 16.3 Å². The molecule has 0 bridgehead atoms. The van der Waals surface area contributed by atoms with Crippen LogP contribution in [0.4, 0.5) is 5.69 Å². The highest BCUT2D eigenvalue weighted by atomic mass is 35.5. The number of nitrogens with one attached hydrogen (secondary N) is 2. The second-order valence-corrected chi connectivity index (χ2v) is 5.41. The van der Waals surface area contributed by atoms with E-state index in [9.17, 15) is 9.90 Å². The van der Waals surface area contributed by atoms with Crippen LogP contribution >= 0.6 is 11.6 Å². The average molecular weight is 348 g/mol. The van der Waals surface area contributed by atoms with Crippen LogP contribution in [-0.2, 0) is 4.79 Å². The summed E-state index contributed by atoms with van der Waals surface area (Å²) in [5, 5.41) is 17.2. The number of halogens is 1. The molecule has 0 aliphatic carbocycles. The Kier molecular flexibility index (Phi) is 6.03. The molecule has 0 aromatic heterocycles. The van der Waals surface area contributed by atoms with Gasteiger partial charge in [-0.15, -0.1) is 0 Å². The predicted molar refractivity (Wildman–Crippen MR) is 95.0 cm³/mol. The first-order valence-electron chi connectivity index (χ1n) is 7.19. The zero-order valence-electron chi connectivity index (χ0n) is 13.3. The fraction of sp³-hybridized carbons (Fsp3) is 0.176. The van der Waals surface area contributed by atoms with Crippen LogP contribution in [0.2, 0.25) is 5.02 Å². The zero-order valence-corrected chi connectivity index (χ0v) is 14.1. The Morgan fingerprint density at radius 1 is 1.25 bits per heavy atom. The van der Waals surface area contributed by atoms with Gasteiger partial charge < -0.3 is 15.2 Å². The van der Waals surface area contributed by atoms with Crippen molar-refractivity contribution in [3.63, 3.8) is 0 Å². The van der Waals surface area contributed by atoms with E-state index in [-0.39, 0.29) is 18.2 Å². The first kappa shape index (κ1) is 17.6. The Labute approximate surface area is 145 Å². The number of hydrazone groups is 1. The van der Waals surface area contributed by atoms with Gasteiger partial charge in [-0.3, -0.25) is 4.79 Å². The van der Waals surface area contributed by atoms with Gasteiger partial charge in [-0.1, -0.05) is 11.6 Å². The maximum absolute atomic E-state index is 11.8. The molecule has 2 rings (SSSR count). The fourth-order valence-corrected chi connectivity index (χ4v) is 2.11. The number of hydrogen-bond donors (Lipinski definition) is 3. The molecule has 2 aromatic rings. The molecule has 0 aliphatic heterocycles. The molecule has 2 aromatic carbocycles. The molecule has 7 heteroatoms. The molecule has 6 nitrogen and oxygen atoms in total. The normalized spacial score (nSPS) is 11.0. The molecule has 0 saturated carbocycles. The van der Waals surface area contributed by atoms with Crippen LogP contribution < -0.4 is 15.5 Å². The van der Waals surface area contributed by atoms with Crippen LogP contribution in [0.1, 0.15) is 12.5 Å². The molecule has 0 atom stereocenters. The van der Waals surface area contributed by atoms with E-state index in [1.807, 2.05) is 12.1 Å². The lowest BCUT2D eigenvalue weighted by Crippen LogP contribution is -2.26. The summed E-state index contributed by atoms with van der Waals surface area (Å²) in [6.07, 6.45) is 0. The Balaban J connectivity index is 1.90. The highest BCUT2D eigenvalue weighted by molar-refractivity contribution is 6.31. The maximum atomic E-state index is 11.8. The van der Waals surface area contributed by atoms with Crippen LogP contribution in [0.25, 0.3) is 0 Å². The van der Waals surface area contributed by atoms with Gasteiger partial charge in [0.15, 0.2) is 0 Å². The van der Waals surface area contributed by atoms with E-state index in [1.54, 1.807) is 38.3 Å². The first-order chi connectivity index (χ1) is 11.5. The molecule has 0 aliphatic rings. The van der Waals surface area contributed by atoms with Gasteiger partial charge in [-0.05, 0) is 49.4 Å². The highest BCUT2D eigenvalue weighted by Gasteiger charge is 2.07. The van der Waals surface area contributed by atoms with Gasteiger partial charge in [-0.2, -0.15) is 5.10 Å². The van der Waals surface area contributed by atoms with Gasteiger partial charge in [0.25, 0.3) is 5.91 Å². The number of rotatable bonds is 6. The predicted octanol–water partition coefficient (Wildman–Crippen LogP) is 3.01.